The predicted molar refractivity (Wildman–Crippen MR) is 250 cm³/mol. The number of phosphoric acid groups is 2. The molecule has 1 rings (SSSR count). The Hall–Kier alpha value is -2.04. The molecule has 378 valence electrons. The first-order valence-electron chi connectivity index (χ1n) is 24.2. The maximum absolute atomic E-state index is 13.0. The van der Waals surface area contributed by atoms with E-state index in [1.54, 1.807) is 0 Å². The molecular formula is C47H84O16P2. The number of ether oxygens (including phenoxy) is 2. The van der Waals surface area contributed by atoms with Gasteiger partial charge in [-0.3, -0.25) is 23.2 Å². The highest BCUT2D eigenvalue weighted by Crippen LogP contribution is 2.49. The van der Waals surface area contributed by atoms with Crippen LogP contribution in [0.3, 0.4) is 0 Å². The largest absolute Gasteiger partial charge is 0.472 e. The summed E-state index contributed by atoms with van der Waals surface area (Å²) in [7, 11) is -10.7. The van der Waals surface area contributed by atoms with Gasteiger partial charge in [0.05, 0.1) is 6.61 Å². The number of allylic oxidation sites excluding steroid dienone is 8. The van der Waals surface area contributed by atoms with Gasteiger partial charge in [0, 0.05) is 12.8 Å². The molecule has 1 fully saturated rings. The first kappa shape index (κ1) is 61.0. The number of unbranched alkanes of at least 4 members (excludes halogenated alkanes) is 18. The van der Waals surface area contributed by atoms with Gasteiger partial charge in [0.1, 0.15) is 43.2 Å². The Kier molecular flexibility index (Phi) is 35.5. The van der Waals surface area contributed by atoms with Crippen LogP contribution < -0.4 is 0 Å². The summed E-state index contributed by atoms with van der Waals surface area (Å²) in [5, 5.41) is 41.2. The first-order chi connectivity index (χ1) is 31.1. The van der Waals surface area contributed by atoms with Crippen LogP contribution in [0.15, 0.2) is 48.6 Å². The van der Waals surface area contributed by atoms with Crippen molar-refractivity contribution >= 4 is 27.6 Å². The van der Waals surface area contributed by atoms with E-state index in [0.29, 0.717) is 12.8 Å². The molecule has 7 N–H and O–H groups in total. The lowest BCUT2D eigenvalue weighted by molar-refractivity contribution is -0.216. The van der Waals surface area contributed by atoms with Gasteiger partial charge in [-0.1, -0.05) is 140 Å². The standard InChI is InChI=1S/C47H84O16P2/c1-3-5-7-9-11-13-15-17-19-20-22-23-25-27-29-31-33-35-40(48)59-37-39(61-41(49)36-34-32-30-28-26-24-21-18-16-14-12-10-8-6-4-2)38-60-65(57,58)63-47-44(52)42(50)43(51)46(45(47)53)62-64(54,55)56/h11,13,17-19,21-23,39,42-47,50-53H,3-10,12,14-16,20,24-38H2,1-2H3,(H,57,58)(H2,54,55,56)/t39-,42?,43?,44?,45?,46-,47+/m1/s1. The average Bonchev–Trinajstić information content (AvgIpc) is 3.26. The Labute approximate surface area is 388 Å². The zero-order chi connectivity index (χ0) is 48.2. The Balaban J connectivity index is 2.61. The predicted octanol–water partition coefficient (Wildman–Crippen LogP) is 9.29. The number of hydrogen-bond donors (Lipinski definition) is 7. The first-order valence-corrected chi connectivity index (χ1v) is 27.2. The third-order valence-electron chi connectivity index (χ3n) is 10.9. The number of aliphatic hydroxyl groups excluding tert-OH is 4. The van der Waals surface area contributed by atoms with Gasteiger partial charge in [0.15, 0.2) is 6.10 Å². The molecule has 0 amide bonds. The Morgan fingerprint density at radius 2 is 0.892 bits per heavy atom. The molecule has 0 aromatic heterocycles. The van der Waals surface area contributed by atoms with Crippen molar-refractivity contribution in [3.05, 3.63) is 48.6 Å². The molecule has 8 atom stereocenters. The monoisotopic (exact) mass is 967 g/mol. The van der Waals surface area contributed by atoms with Gasteiger partial charge in [0.25, 0.3) is 0 Å². The topological polar surface area (TPSA) is 256 Å². The second kappa shape index (κ2) is 37.9. The van der Waals surface area contributed by atoms with E-state index in [9.17, 15) is 53.8 Å². The summed E-state index contributed by atoms with van der Waals surface area (Å²) in [6.07, 6.45) is 27.8. The highest BCUT2D eigenvalue weighted by molar-refractivity contribution is 7.47. The van der Waals surface area contributed by atoms with Crippen molar-refractivity contribution in [3.63, 3.8) is 0 Å². The van der Waals surface area contributed by atoms with Crippen LogP contribution in [0.2, 0.25) is 0 Å². The molecule has 65 heavy (non-hydrogen) atoms. The Morgan fingerprint density at radius 3 is 1.40 bits per heavy atom. The van der Waals surface area contributed by atoms with Crippen molar-refractivity contribution in [1.29, 1.82) is 0 Å². The third-order valence-corrected chi connectivity index (χ3v) is 12.4. The van der Waals surface area contributed by atoms with Gasteiger partial charge in [-0.15, -0.1) is 0 Å². The van der Waals surface area contributed by atoms with Crippen molar-refractivity contribution in [2.45, 2.75) is 224 Å². The molecule has 1 aliphatic carbocycles. The van der Waals surface area contributed by atoms with Crippen molar-refractivity contribution in [3.8, 4) is 0 Å². The van der Waals surface area contributed by atoms with Crippen molar-refractivity contribution < 1.29 is 76.9 Å². The lowest BCUT2D eigenvalue weighted by atomic mass is 9.85. The van der Waals surface area contributed by atoms with Crippen LogP contribution in [-0.2, 0) is 41.8 Å². The number of carbonyl (C=O) groups is 2. The molecule has 0 aliphatic heterocycles. The third kappa shape index (κ3) is 32.4. The zero-order valence-electron chi connectivity index (χ0n) is 39.2. The normalized spacial score (nSPS) is 22.0. The molecule has 0 aromatic rings. The molecule has 5 unspecified atom stereocenters. The fourth-order valence-corrected chi connectivity index (χ4v) is 8.62. The van der Waals surface area contributed by atoms with Gasteiger partial charge >= 0.3 is 27.6 Å². The molecular weight excluding hydrogens is 882 g/mol. The van der Waals surface area contributed by atoms with E-state index in [4.69, 9.17) is 18.5 Å². The van der Waals surface area contributed by atoms with Crippen molar-refractivity contribution in [2.24, 2.45) is 0 Å². The van der Waals surface area contributed by atoms with Crippen LogP contribution in [0.1, 0.15) is 181 Å². The van der Waals surface area contributed by atoms with E-state index >= 15 is 0 Å². The maximum atomic E-state index is 13.0. The van der Waals surface area contributed by atoms with Crippen molar-refractivity contribution in [2.75, 3.05) is 13.2 Å². The Bertz CT molecular complexity index is 1450. The van der Waals surface area contributed by atoms with Crippen LogP contribution in [0.25, 0.3) is 0 Å². The lowest BCUT2D eigenvalue weighted by Crippen LogP contribution is -2.64. The second-order valence-corrected chi connectivity index (χ2v) is 19.4. The molecule has 0 heterocycles. The number of phosphoric ester groups is 2. The molecule has 0 bridgehead atoms. The number of hydrogen-bond acceptors (Lipinski definition) is 13. The van der Waals surface area contributed by atoms with Crippen LogP contribution in [-0.4, -0.2) is 103 Å². The minimum Gasteiger partial charge on any atom is -0.462 e. The zero-order valence-corrected chi connectivity index (χ0v) is 40.9. The van der Waals surface area contributed by atoms with Gasteiger partial charge in [-0.05, 0) is 77.0 Å². The Morgan fingerprint density at radius 1 is 0.492 bits per heavy atom. The number of carbonyl (C=O) groups excluding carboxylic acids is 2. The fraction of sp³-hybridized carbons (Fsp3) is 0.787. The van der Waals surface area contributed by atoms with E-state index < -0.39 is 83.5 Å². The fourth-order valence-electron chi connectivity index (χ4n) is 7.09. The molecule has 0 spiro atoms. The number of aliphatic hydroxyl groups is 4. The molecule has 1 saturated carbocycles. The molecule has 0 aromatic carbocycles. The number of rotatable bonds is 40. The van der Waals surface area contributed by atoms with Crippen LogP contribution in [0.4, 0.5) is 0 Å². The molecule has 0 saturated heterocycles. The summed E-state index contributed by atoms with van der Waals surface area (Å²) >= 11 is 0. The van der Waals surface area contributed by atoms with E-state index in [2.05, 4.69) is 67.0 Å². The molecule has 18 heteroatoms. The van der Waals surface area contributed by atoms with Gasteiger partial charge in [-0.25, -0.2) is 9.13 Å². The highest BCUT2D eigenvalue weighted by atomic mass is 31.2. The summed E-state index contributed by atoms with van der Waals surface area (Å²) in [4.78, 5) is 54.3. The summed E-state index contributed by atoms with van der Waals surface area (Å²) in [6.45, 7) is 3.05. The van der Waals surface area contributed by atoms with E-state index in [-0.39, 0.29) is 12.8 Å². The second-order valence-electron chi connectivity index (χ2n) is 16.8. The summed E-state index contributed by atoms with van der Waals surface area (Å²) in [5.41, 5.74) is 0. The van der Waals surface area contributed by atoms with Gasteiger partial charge < -0.3 is 44.6 Å². The number of esters is 2. The molecule has 16 nitrogen and oxygen atoms in total. The summed E-state index contributed by atoms with van der Waals surface area (Å²) in [5.74, 6) is -1.24. The van der Waals surface area contributed by atoms with Gasteiger partial charge in [-0.2, -0.15) is 0 Å². The van der Waals surface area contributed by atoms with Crippen LogP contribution >= 0.6 is 15.6 Å². The minimum absolute atomic E-state index is 0.0280. The quantitative estimate of drug-likeness (QED) is 0.0131. The SMILES string of the molecule is CCCCCC=CCC=CCC=CCCCCCCC(=O)OC[C@H](COP(=O)(O)O[C@H]1C(O)C(O)C(O)[C@@H](OP(=O)(O)O)C1O)OC(=O)CCCCCCCC=CCCCCCCCC. The average molecular weight is 967 g/mol. The minimum atomic E-state index is -5.37. The van der Waals surface area contributed by atoms with Gasteiger partial charge in [0.2, 0.25) is 0 Å². The lowest BCUT2D eigenvalue weighted by Gasteiger charge is -2.43. The summed E-state index contributed by atoms with van der Waals surface area (Å²) in [6, 6.07) is 0. The van der Waals surface area contributed by atoms with Crippen molar-refractivity contribution in [1.82, 2.24) is 0 Å². The maximum Gasteiger partial charge on any atom is 0.472 e. The molecule has 0 radical (unpaired) electrons. The van der Waals surface area contributed by atoms with E-state index in [1.807, 2.05) is 0 Å². The van der Waals surface area contributed by atoms with Crippen LogP contribution in [0, 0.1) is 0 Å². The highest BCUT2D eigenvalue weighted by Gasteiger charge is 2.54. The summed E-state index contributed by atoms with van der Waals surface area (Å²) < 4.78 is 49.4. The van der Waals surface area contributed by atoms with Crippen LogP contribution in [0.5, 0.6) is 0 Å². The van der Waals surface area contributed by atoms with E-state index in [0.717, 1.165) is 83.5 Å². The van der Waals surface area contributed by atoms with E-state index in [1.165, 1.54) is 57.8 Å². The molecule has 1 aliphatic rings. The smallest absolute Gasteiger partial charge is 0.462 e.